The van der Waals surface area contributed by atoms with E-state index >= 15 is 0 Å². The van der Waals surface area contributed by atoms with Crippen LogP contribution in [-0.2, 0) is 16.1 Å². The lowest BCUT2D eigenvalue weighted by Gasteiger charge is -2.33. The van der Waals surface area contributed by atoms with Crippen molar-refractivity contribution < 1.29 is 14.3 Å². The summed E-state index contributed by atoms with van der Waals surface area (Å²) in [6, 6.07) is 9.11. The Morgan fingerprint density at radius 1 is 1.32 bits per heavy atom. The molecule has 1 aliphatic rings. The number of hydrogen-bond donors (Lipinski definition) is 2. The second kappa shape index (κ2) is 7.79. The molecule has 3 N–H and O–H groups in total. The molecule has 0 saturated carbocycles. The number of nitrogens with zero attached hydrogens (tertiary/aromatic N) is 1. The molecule has 0 spiro atoms. The van der Waals surface area contributed by atoms with Crippen LogP contribution in [0, 0.1) is 0 Å². The second-order valence-corrected chi connectivity index (χ2v) is 5.59. The molecule has 1 aliphatic heterocycles. The van der Waals surface area contributed by atoms with Crippen molar-refractivity contribution >= 4 is 12.0 Å². The van der Waals surface area contributed by atoms with E-state index in [-0.39, 0.29) is 18.6 Å². The number of piperidine rings is 1. The predicted octanol–water partition coefficient (Wildman–Crippen LogP) is 1.25. The van der Waals surface area contributed by atoms with E-state index in [2.05, 4.69) is 5.32 Å². The molecule has 0 aliphatic carbocycles. The monoisotopic (exact) mass is 305 g/mol. The van der Waals surface area contributed by atoms with Crippen LogP contribution in [0.4, 0.5) is 4.79 Å². The van der Waals surface area contributed by atoms with E-state index in [4.69, 9.17) is 10.5 Å². The van der Waals surface area contributed by atoms with Crippen molar-refractivity contribution in [3.8, 4) is 0 Å². The first-order valence-electron chi connectivity index (χ1n) is 7.58. The van der Waals surface area contributed by atoms with Gasteiger partial charge in [0, 0.05) is 19.1 Å². The van der Waals surface area contributed by atoms with E-state index in [9.17, 15) is 9.59 Å². The molecule has 120 valence electrons. The minimum Gasteiger partial charge on any atom is -0.445 e. The zero-order valence-corrected chi connectivity index (χ0v) is 12.8. The van der Waals surface area contributed by atoms with Crippen LogP contribution in [0.25, 0.3) is 0 Å². The fourth-order valence-electron chi connectivity index (χ4n) is 2.46. The Kier molecular flexibility index (Phi) is 5.77. The summed E-state index contributed by atoms with van der Waals surface area (Å²) in [6.45, 7) is 3.18. The summed E-state index contributed by atoms with van der Waals surface area (Å²) in [5, 5.41) is 2.85. The molecule has 1 saturated heterocycles. The summed E-state index contributed by atoms with van der Waals surface area (Å²) >= 11 is 0. The number of carbonyl (C=O) groups is 2. The van der Waals surface area contributed by atoms with Gasteiger partial charge in [0.05, 0.1) is 6.04 Å². The van der Waals surface area contributed by atoms with Gasteiger partial charge in [-0.2, -0.15) is 0 Å². The average molecular weight is 305 g/mol. The van der Waals surface area contributed by atoms with Gasteiger partial charge in [-0.3, -0.25) is 4.79 Å². The number of alkyl carbamates (subject to hydrolysis) is 1. The van der Waals surface area contributed by atoms with Crippen LogP contribution >= 0.6 is 0 Å². The van der Waals surface area contributed by atoms with Gasteiger partial charge >= 0.3 is 6.09 Å². The lowest BCUT2D eigenvalue weighted by Crippen LogP contribution is -2.50. The molecule has 1 heterocycles. The van der Waals surface area contributed by atoms with Gasteiger partial charge in [-0.1, -0.05) is 30.3 Å². The topological polar surface area (TPSA) is 84.7 Å². The Bertz CT molecular complexity index is 497. The van der Waals surface area contributed by atoms with Gasteiger partial charge in [-0.05, 0) is 25.3 Å². The Morgan fingerprint density at radius 2 is 1.95 bits per heavy atom. The van der Waals surface area contributed by atoms with E-state index in [0.29, 0.717) is 13.1 Å². The van der Waals surface area contributed by atoms with E-state index in [1.807, 2.05) is 30.3 Å². The van der Waals surface area contributed by atoms with Crippen LogP contribution in [0.3, 0.4) is 0 Å². The van der Waals surface area contributed by atoms with E-state index in [1.54, 1.807) is 11.8 Å². The summed E-state index contributed by atoms with van der Waals surface area (Å²) in [5.74, 6) is -0.0369. The van der Waals surface area contributed by atoms with Crippen LogP contribution in [0.15, 0.2) is 30.3 Å². The zero-order chi connectivity index (χ0) is 15.9. The summed E-state index contributed by atoms with van der Waals surface area (Å²) in [6.07, 6.45) is 1.03. The summed E-state index contributed by atoms with van der Waals surface area (Å²) in [5.41, 5.74) is 6.55. The maximum atomic E-state index is 11.8. The molecule has 6 heteroatoms. The molecular formula is C16H23N3O3. The average Bonchev–Trinajstić information content (AvgIpc) is 2.54. The van der Waals surface area contributed by atoms with Crippen molar-refractivity contribution in [3.63, 3.8) is 0 Å². The fraction of sp³-hybridized carbons (Fsp3) is 0.500. The van der Waals surface area contributed by atoms with Gasteiger partial charge in [0.25, 0.3) is 0 Å². The Labute approximate surface area is 130 Å². The van der Waals surface area contributed by atoms with Gasteiger partial charge in [-0.25, -0.2) is 4.79 Å². The van der Waals surface area contributed by atoms with Gasteiger partial charge < -0.3 is 20.7 Å². The molecule has 0 aromatic heterocycles. The molecule has 1 unspecified atom stereocenters. The van der Waals surface area contributed by atoms with Crippen molar-refractivity contribution in [1.82, 2.24) is 10.2 Å². The quantitative estimate of drug-likeness (QED) is 0.877. The number of nitrogens with one attached hydrogen (secondary N) is 1. The van der Waals surface area contributed by atoms with Crippen molar-refractivity contribution in [2.45, 2.75) is 38.5 Å². The van der Waals surface area contributed by atoms with Crippen LogP contribution in [-0.4, -0.2) is 42.1 Å². The number of amides is 2. The van der Waals surface area contributed by atoms with Crippen molar-refractivity contribution in [3.05, 3.63) is 35.9 Å². The number of carbonyl (C=O) groups excluding carboxylic acids is 2. The molecule has 1 aromatic carbocycles. The normalized spacial score (nSPS) is 16.9. The van der Waals surface area contributed by atoms with Gasteiger partial charge in [0.1, 0.15) is 6.61 Å². The van der Waals surface area contributed by atoms with Crippen LogP contribution in [0.2, 0.25) is 0 Å². The molecule has 1 fully saturated rings. The lowest BCUT2D eigenvalue weighted by atomic mass is 10.0. The molecule has 22 heavy (non-hydrogen) atoms. The zero-order valence-electron chi connectivity index (χ0n) is 12.8. The second-order valence-electron chi connectivity index (χ2n) is 5.59. The van der Waals surface area contributed by atoms with Gasteiger partial charge in [0.15, 0.2) is 0 Å². The van der Waals surface area contributed by atoms with Crippen molar-refractivity contribution in [2.75, 3.05) is 13.1 Å². The number of rotatable bonds is 4. The summed E-state index contributed by atoms with van der Waals surface area (Å²) in [7, 11) is 0. The fourth-order valence-corrected chi connectivity index (χ4v) is 2.46. The maximum Gasteiger partial charge on any atom is 0.407 e. The van der Waals surface area contributed by atoms with Crippen LogP contribution in [0.1, 0.15) is 25.3 Å². The van der Waals surface area contributed by atoms with Crippen LogP contribution < -0.4 is 11.1 Å². The molecule has 6 nitrogen and oxygen atoms in total. The first-order chi connectivity index (χ1) is 10.6. The van der Waals surface area contributed by atoms with Crippen LogP contribution in [0.5, 0.6) is 0 Å². The predicted molar refractivity (Wildman–Crippen MR) is 83.0 cm³/mol. The largest absolute Gasteiger partial charge is 0.445 e. The van der Waals surface area contributed by atoms with Gasteiger partial charge in [0.2, 0.25) is 5.91 Å². The van der Waals surface area contributed by atoms with E-state index in [0.717, 1.165) is 18.4 Å². The molecule has 1 aromatic rings. The molecule has 2 rings (SSSR count). The first-order valence-corrected chi connectivity index (χ1v) is 7.58. The van der Waals surface area contributed by atoms with Gasteiger partial charge in [-0.15, -0.1) is 0 Å². The standard InChI is InChI=1S/C16H23N3O3/c1-12(17)15(20)19-9-7-14(8-10-19)18-16(21)22-11-13-5-3-2-4-6-13/h2-6,12,14H,7-11,17H2,1H3,(H,18,21). The minimum absolute atomic E-state index is 0.0369. The highest BCUT2D eigenvalue weighted by atomic mass is 16.5. The Balaban J connectivity index is 1.69. The highest BCUT2D eigenvalue weighted by Gasteiger charge is 2.25. The molecule has 2 amide bonds. The highest BCUT2D eigenvalue weighted by Crippen LogP contribution is 2.11. The maximum absolute atomic E-state index is 11.8. The Morgan fingerprint density at radius 3 is 2.55 bits per heavy atom. The third kappa shape index (κ3) is 4.73. The third-order valence-electron chi connectivity index (χ3n) is 3.73. The highest BCUT2D eigenvalue weighted by molar-refractivity contribution is 5.81. The third-order valence-corrected chi connectivity index (χ3v) is 3.73. The summed E-state index contributed by atoms with van der Waals surface area (Å²) < 4.78 is 5.19. The van der Waals surface area contributed by atoms with E-state index < -0.39 is 12.1 Å². The molecule has 1 atom stereocenters. The number of hydrogen-bond acceptors (Lipinski definition) is 4. The van der Waals surface area contributed by atoms with Crippen molar-refractivity contribution in [1.29, 1.82) is 0 Å². The molecular weight excluding hydrogens is 282 g/mol. The Hall–Kier alpha value is -2.08. The molecule has 0 bridgehead atoms. The van der Waals surface area contributed by atoms with Crippen molar-refractivity contribution in [2.24, 2.45) is 5.73 Å². The number of ether oxygens (including phenoxy) is 1. The molecule has 0 radical (unpaired) electrons. The number of likely N-dealkylation sites (tertiary alicyclic amines) is 1. The first kappa shape index (κ1) is 16.3. The smallest absolute Gasteiger partial charge is 0.407 e. The number of nitrogens with two attached hydrogens (primary N) is 1. The van der Waals surface area contributed by atoms with E-state index in [1.165, 1.54) is 0 Å². The SMILES string of the molecule is CC(N)C(=O)N1CCC(NC(=O)OCc2ccccc2)CC1. The summed E-state index contributed by atoms with van der Waals surface area (Å²) in [4.78, 5) is 25.3. The lowest BCUT2D eigenvalue weighted by molar-refractivity contribution is -0.133. The number of benzene rings is 1. The minimum atomic E-state index is -0.472.